The van der Waals surface area contributed by atoms with Gasteiger partial charge in [0.1, 0.15) is 5.75 Å². The second-order valence-electron chi connectivity index (χ2n) is 5.89. The molecule has 0 spiro atoms. The fourth-order valence-corrected chi connectivity index (χ4v) is 2.73. The van der Waals surface area contributed by atoms with Crippen molar-refractivity contribution in [3.63, 3.8) is 0 Å². The molecular formula is C17H25N3O3. The van der Waals surface area contributed by atoms with E-state index in [-0.39, 0.29) is 24.5 Å². The minimum absolute atomic E-state index is 0.00926. The Hall–Kier alpha value is -2.11. The molecule has 2 rings (SSSR count). The van der Waals surface area contributed by atoms with E-state index in [1.807, 2.05) is 30.9 Å². The van der Waals surface area contributed by atoms with Crippen LogP contribution in [0.25, 0.3) is 0 Å². The molecule has 1 aliphatic rings. The summed E-state index contributed by atoms with van der Waals surface area (Å²) in [5, 5.41) is 2.98. The summed E-state index contributed by atoms with van der Waals surface area (Å²) in [6.45, 7) is 6.91. The molecule has 1 fully saturated rings. The number of nitrogens with one attached hydrogen (secondary N) is 1. The van der Waals surface area contributed by atoms with Crippen LogP contribution in [0.2, 0.25) is 0 Å². The van der Waals surface area contributed by atoms with E-state index in [2.05, 4.69) is 10.3 Å². The first-order chi connectivity index (χ1) is 11.0. The van der Waals surface area contributed by atoms with Gasteiger partial charge in [-0.3, -0.25) is 14.6 Å². The third kappa shape index (κ3) is 4.94. The predicted octanol–water partition coefficient (Wildman–Crippen LogP) is 1.46. The quantitative estimate of drug-likeness (QED) is 0.892. The third-order valence-electron chi connectivity index (χ3n) is 4.07. The average Bonchev–Trinajstić information content (AvgIpc) is 2.54. The topological polar surface area (TPSA) is 71.5 Å². The number of amides is 2. The van der Waals surface area contributed by atoms with Crippen molar-refractivity contribution in [3.8, 4) is 5.75 Å². The van der Waals surface area contributed by atoms with Crippen LogP contribution in [0.15, 0.2) is 12.1 Å². The molecule has 0 aromatic carbocycles. The summed E-state index contributed by atoms with van der Waals surface area (Å²) in [5.74, 6) is 0.630. The van der Waals surface area contributed by atoms with E-state index < -0.39 is 0 Å². The molecule has 1 saturated heterocycles. The van der Waals surface area contributed by atoms with E-state index in [9.17, 15) is 9.59 Å². The van der Waals surface area contributed by atoms with E-state index in [0.29, 0.717) is 18.8 Å². The molecule has 0 unspecified atom stereocenters. The van der Waals surface area contributed by atoms with Gasteiger partial charge in [0, 0.05) is 31.7 Å². The van der Waals surface area contributed by atoms with E-state index in [4.69, 9.17) is 4.74 Å². The van der Waals surface area contributed by atoms with Crippen LogP contribution >= 0.6 is 0 Å². The van der Waals surface area contributed by atoms with Gasteiger partial charge in [-0.2, -0.15) is 0 Å². The van der Waals surface area contributed by atoms with Gasteiger partial charge in [-0.15, -0.1) is 0 Å². The maximum atomic E-state index is 12.0. The van der Waals surface area contributed by atoms with Gasteiger partial charge in [0.25, 0.3) is 5.91 Å². The van der Waals surface area contributed by atoms with Crippen LogP contribution in [0.3, 0.4) is 0 Å². The van der Waals surface area contributed by atoms with Crippen molar-refractivity contribution < 1.29 is 14.3 Å². The summed E-state index contributed by atoms with van der Waals surface area (Å²) in [6, 6.07) is 3.85. The molecule has 6 nitrogen and oxygen atoms in total. The minimum atomic E-state index is -0.131. The largest absolute Gasteiger partial charge is 0.482 e. The number of aromatic nitrogens is 1. The first-order valence-electron chi connectivity index (χ1n) is 8.13. The van der Waals surface area contributed by atoms with Crippen LogP contribution < -0.4 is 10.1 Å². The highest BCUT2D eigenvalue weighted by molar-refractivity contribution is 5.78. The Morgan fingerprint density at radius 2 is 2.04 bits per heavy atom. The fourth-order valence-electron chi connectivity index (χ4n) is 2.73. The third-order valence-corrected chi connectivity index (χ3v) is 4.07. The first-order valence-corrected chi connectivity index (χ1v) is 8.13. The number of piperidine rings is 1. The zero-order valence-electron chi connectivity index (χ0n) is 14.1. The Kier molecular flexibility index (Phi) is 5.96. The van der Waals surface area contributed by atoms with Gasteiger partial charge in [-0.05, 0) is 38.3 Å². The smallest absolute Gasteiger partial charge is 0.258 e. The second kappa shape index (κ2) is 7.94. The Morgan fingerprint density at radius 1 is 1.35 bits per heavy atom. The molecule has 2 heterocycles. The normalized spacial score (nSPS) is 15.3. The number of nitrogens with zero attached hydrogens (tertiary/aromatic N) is 2. The van der Waals surface area contributed by atoms with Crippen LogP contribution in [0, 0.1) is 6.92 Å². The van der Waals surface area contributed by atoms with Crippen LogP contribution in [0.1, 0.15) is 38.1 Å². The Bertz CT molecular complexity index is 566. The molecule has 0 saturated carbocycles. The Balaban J connectivity index is 1.79. The summed E-state index contributed by atoms with van der Waals surface area (Å²) in [5.41, 5.74) is 1.81. The Labute approximate surface area is 137 Å². The maximum absolute atomic E-state index is 12.0. The highest BCUT2D eigenvalue weighted by Crippen LogP contribution is 2.17. The molecule has 23 heavy (non-hydrogen) atoms. The van der Waals surface area contributed by atoms with Gasteiger partial charge in [-0.1, -0.05) is 6.92 Å². The van der Waals surface area contributed by atoms with Crippen LogP contribution in [0.4, 0.5) is 0 Å². The van der Waals surface area contributed by atoms with E-state index in [1.54, 1.807) is 6.92 Å². The molecule has 1 aliphatic heterocycles. The van der Waals surface area contributed by atoms with Crippen molar-refractivity contribution in [1.82, 2.24) is 15.2 Å². The molecule has 2 amide bonds. The van der Waals surface area contributed by atoms with E-state index in [0.717, 1.165) is 30.7 Å². The molecule has 1 aromatic heterocycles. The zero-order valence-corrected chi connectivity index (χ0v) is 14.1. The lowest BCUT2D eigenvalue weighted by atomic mass is 10.1. The monoisotopic (exact) mass is 319 g/mol. The van der Waals surface area contributed by atoms with Crippen molar-refractivity contribution in [3.05, 3.63) is 23.5 Å². The molecule has 126 valence electrons. The lowest BCUT2D eigenvalue weighted by molar-refractivity contribution is -0.130. The van der Waals surface area contributed by atoms with Gasteiger partial charge in [0.15, 0.2) is 6.61 Å². The highest BCUT2D eigenvalue weighted by Gasteiger charge is 2.22. The SMILES string of the molecule is CCc1nc(C)ccc1OCC(=O)NC1CCN(C(C)=O)CC1. The molecule has 0 atom stereocenters. The molecule has 0 aliphatic carbocycles. The summed E-state index contributed by atoms with van der Waals surface area (Å²) >= 11 is 0. The predicted molar refractivity (Wildman–Crippen MR) is 87.3 cm³/mol. The van der Waals surface area contributed by atoms with Gasteiger partial charge in [0.05, 0.1) is 5.69 Å². The van der Waals surface area contributed by atoms with Gasteiger partial charge < -0.3 is 15.0 Å². The second-order valence-corrected chi connectivity index (χ2v) is 5.89. The van der Waals surface area contributed by atoms with Crippen LogP contribution in [0.5, 0.6) is 5.75 Å². The Morgan fingerprint density at radius 3 is 2.65 bits per heavy atom. The summed E-state index contributed by atoms with van der Waals surface area (Å²) < 4.78 is 5.61. The number of hydrogen-bond donors (Lipinski definition) is 1. The lowest BCUT2D eigenvalue weighted by Gasteiger charge is -2.31. The van der Waals surface area contributed by atoms with Crippen molar-refractivity contribution in [1.29, 1.82) is 0 Å². The standard InChI is InChI=1S/C17H25N3O3/c1-4-15-16(6-5-12(2)18-15)23-11-17(22)19-14-7-9-20(10-8-14)13(3)21/h5-6,14H,4,7-11H2,1-3H3,(H,19,22). The number of pyridine rings is 1. The number of carbonyl (C=O) groups excluding carboxylic acids is 2. The van der Waals surface area contributed by atoms with Crippen molar-refractivity contribution in [2.24, 2.45) is 0 Å². The lowest BCUT2D eigenvalue weighted by Crippen LogP contribution is -2.47. The minimum Gasteiger partial charge on any atom is -0.482 e. The molecule has 1 N–H and O–H groups in total. The van der Waals surface area contributed by atoms with Gasteiger partial charge >= 0.3 is 0 Å². The van der Waals surface area contributed by atoms with Crippen molar-refractivity contribution in [2.75, 3.05) is 19.7 Å². The van der Waals surface area contributed by atoms with Crippen LogP contribution in [-0.4, -0.2) is 47.4 Å². The molecule has 0 bridgehead atoms. The molecule has 6 heteroatoms. The number of carbonyl (C=O) groups is 2. The molecule has 0 radical (unpaired) electrons. The van der Waals surface area contributed by atoms with Crippen LogP contribution in [-0.2, 0) is 16.0 Å². The number of likely N-dealkylation sites (tertiary alicyclic amines) is 1. The summed E-state index contributed by atoms with van der Waals surface area (Å²) in [4.78, 5) is 29.5. The van der Waals surface area contributed by atoms with Gasteiger partial charge in [0.2, 0.25) is 5.91 Å². The molecular weight excluding hydrogens is 294 g/mol. The van der Waals surface area contributed by atoms with Gasteiger partial charge in [-0.25, -0.2) is 0 Å². The fraction of sp³-hybridized carbons (Fsp3) is 0.588. The summed E-state index contributed by atoms with van der Waals surface area (Å²) in [6.07, 6.45) is 2.34. The molecule has 1 aromatic rings. The van der Waals surface area contributed by atoms with Crippen molar-refractivity contribution in [2.45, 2.75) is 46.1 Å². The summed E-state index contributed by atoms with van der Waals surface area (Å²) in [7, 11) is 0. The van der Waals surface area contributed by atoms with E-state index >= 15 is 0 Å². The number of ether oxygens (including phenoxy) is 1. The zero-order chi connectivity index (χ0) is 16.8. The number of hydrogen-bond acceptors (Lipinski definition) is 4. The number of aryl methyl sites for hydroxylation is 2. The van der Waals surface area contributed by atoms with E-state index in [1.165, 1.54) is 0 Å². The maximum Gasteiger partial charge on any atom is 0.258 e. The number of rotatable bonds is 5. The first kappa shape index (κ1) is 17.2. The highest BCUT2D eigenvalue weighted by atomic mass is 16.5. The van der Waals surface area contributed by atoms with Crippen molar-refractivity contribution >= 4 is 11.8 Å². The average molecular weight is 319 g/mol.